The van der Waals surface area contributed by atoms with Gasteiger partial charge in [-0.1, -0.05) is 0 Å². The lowest BCUT2D eigenvalue weighted by atomic mass is 10.2. The Morgan fingerprint density at radius 1 is 1.40 bits per heavy atom. The number of carbonyl (C=O) groups is 1. The summed E-state index contributed by atoms with van der Waals surface area (Å²) in [5, 5.41) is 7.09. The number of rotatable bonds is 6. The lowest BCUT2D eigenvalue weighted by Gasteiger charge is -2.08. The second kappa shape index (κ2) is 6.73. The second-order valence-corrected chi connectivity index (χ2v) is 5.33. The summed E-state index contributed by atoms with van der Waals surface area (Å²) in [6.07, 6.45) is 0. The first kappa shape index (κ1) is 16.5. The summed E-state index contributed by atoms with van der Waals surface area (Å²) in [4.78, 5) is 11.0. The molecule has 0 aliphatic rings. The summed E-state index contributed by atoms with van der Waals surface area (Å²) in [6.45, 7) is 2.47. The van der Waals surface area contributed by atoms with Crippen LogP contribution in [-0.4, -0.2) is 34.1 Å². The third-order valence-corrected chi connectivity index (χ3v) is 3.20. The Hall–Kier alpha value is -1.58. The lowest BCUT2D eigenvalue weighted by molar-refractivity contribution is 0.0917. The molecular formula is C11H14F2N2O4S. The van der Waals surface area contributed by atoms with Crippen LogP contribution in [0, 0.1) is 11.6 Å². The molecular weight excluding hydrogens is 294 g/mol. The molecule has 20 heavy (non-hydrogen) atoms. The number of hydrogen-bond donors (Lipinski definition) is 2. The van der Waals surface area contributed by atoms with E-state index in [-0.39, 0.29) is 13.2 Å². The van der Waals surface area contributed by atoms with Crippen LogP contribution >= 0.6 is 0 Å². The number of amides is 1. The van der Waals surface area contributed by atoms with Crippen LogP contribution in [0.25, 0.3) is 0 Å². The van der Waals surface area contributed by atoms with E-state index >= 15 is 0 Å². The summed E-state index contributed by atoms with van der Waals surface area (Å²) in [5.74, 6) is -3.86. The van der Waals surface area contributed by atoms with Crippen LogP contribution in [0.2, 0.25) is 0 Å². The molecule has 9 heteroatoms. The quantitative estimate of drug-likeness (QED) is 0.742. The molecule has 1 amide bonds. The van der Waals surface area contributed by atoms with Crippen molar-refractivity contribution in [1.82, 2.24) is 5.32 Å². The van der Waals surface area contributed by atoms with Gasteiger partial charge in [-0.15, -0.1) is 0 Å². The highest BCUT2D eigenvalue weighted by Crippen LogP contribution is 2.17. The first-order valence-corrected chi connectivity index (χ1v) is 7.19. The SMILES string of the molecule is CCOCCNC(=O)c1cc(S(N)(=O)=O)cc(F)c1F. The van der Waals surface area contributed by atoms with Crippen LogP contribution in [0.5, 0.6) is 0 Å². The maximum absolute atomic E-state index is 13.5. The number of sulfonamides is 1. The van der Waals surface area contributed by atoms with Gasteiger partial charge in [0.15, 0.2) is 11.6 Å². The van der Waals surface area contributed by atoms with Crippen molar-refractivity contribution in [2.75, 3.05) is 19.8 Å². The van der Waals surface area contributed by atoms with E-state index < -0.39 is 38.0 Å². The molecule has 112 valence electrons. The van der Waals surface area contributed by atoms with Gasteiger partial charge in [0.05, 0.1) is 17.1 Å². The molecule has 0 unspecified atom stereocenters. The molecule has 6 nitrogen and oxygen atoms in total. The van der Waals surface area contributed by atoms with Crippen molar-refractivity contribution in [3.05, 3.63) is 29.3 Å². The van der Waals surface area contributed by atoms with E-state index in [0.717, 1.165) is 0 Å². The highest BCUT2D eigenvalue weighted by Gasteiger charge is 2.20. The van der Waals surface area contributed by atoms with Crippen LogP contribution in [0.15, 0.2) is 17.0 Å². The van der Waals surface area contributed by atoms with Gasteiger partial charge in [-0.05, 0) is 19.1 Å². The maximum atomic E-state index is 13.5. The Morgan fingerprint density at radius 3 is 2.60 bits per heavy atom. The van der Waals surface area contributed by atoms with E-state index in [1.54, 1.807) is 6.92 Å². The van der Waals surface area contributed by atoms with Crippen LogP contribution in [0.1, 0.15) is 17.3 Å². The van der Waals surface area contributed by atoms with Crippen molar-refractivity contribution in [1.29, 1.82) is 0 Å². The predicted octanol–water partition coefficient (Wildman–Crippen LogP) is 0.379. The number of hydrogen-bond acceptors (Lipinski definition) is 4. The molecule has 0 aliphatic heterocycles. The van der Waals surface area contributed by atoms with Gasteiger partial charge in [0.25, 0.3) is 5.91 Å². The molecule has 0 aromatic heterocycles. The van der Waals surface area contributed by atoms with E-state index in [4.69, 9.17) is 9.88 Å². The van der Waals surface area contributed by atoms with Crippen molar-refractivity contribution >= 4 is 15.9 Å². The number of primary sulfonamides is 1. The third kappa shape index (κ3) is 4.22. The van der Waals surface area contributed by atoms with Crippen molar-refractivity contribution in [3.63, 3.8) is 0 Å². The van der Waals surface area contributed by atoms with E-state index in [1.165, 1.54) is 0 Å². The van der Waals surface area contributed by atoms with Crippen molar-refractivity contribution < 1.29 is 26.7 Å². The largest absolute Gasteiger partial charge is 0.380 e. The van der Waals surface area contributed by atoms with E-state index in [9.17, 15) is 22.0 Å². The topological polar surface area (TPSA) is 98.5 Å². The lowest BCUT2D eigenvalue weighted by Crippen LogP contribution is -2.28. The summed E-state index contributed by atoms with van der Waals surface area (Å²) >= 11 is 0. The number of carbonyl (C=O) groups excluding carboxylic acids is 1. The first-order valence-electron chi connectivity index (χ1n) is 5.65. The average molecular weight is 308 g/mol. The molecule has 0 aliphatic carbocycles. The Bertz CT molecular complexity index is 605. The van der Waals surface area contributed by atoms with Gasteiger partial charge in [0.2, 0.25) is 10.0 Å². The normalized spacial score (nSPS) is 11.4. The second-order valence-electron chi connectivity index (χ2n) is 3.76. The van der Waals surface area contributed by atoms with Crippen molar-refractivity contribution in [2.45, 2.75) is 11.8 Å². The Labute approximate surface area is 115 Å². The Morgan fingerprint density at radius 2 is 2.05 bits per heavy atom. The molecule has 1 aromatic rings. The van der Waals surface area contributed by atoms with Gasteiger partial charge in [0.1, 0.15) is 0 Å². The van der Waals surface area contributed by atoms with E-state index in [1.807, 2.05) is 0 Å². The molecule has 0 saturated carbocycles. The van der Waals surface area contributed by atoms with Crippen LogP contribution in [0.4, 0.5) is 8.78 Å². The van der Waals surface area contributed by atoms with Crippen molar-refractivity contribution in [3.8, 4) is 0 Å². The zero-order valence-corrected chi connectivity index (χ0v) is 11.5. The van der Waals surface area contributed by atoms with Gasteiger partial charge in [0, 0.05) is 13.2 Å². The third-order valence-electron chi connectivity index (χ3n) is 2.31. The molecule has 3 N–H and O–H groups in total. The van der Waals surface area contributed by atoms with Gasteiger partial charge in [-0.3, -0.25) is 4.79 Å². The fourth-order valence-corrected chi connectivity index (χ4v) is 1.92. The minimum Gasteiger partial charge on any atom is -0.380 e. The van der Waals surface area contributed by atoms with Crippen molar-refractivity contribution in [2.24, 2.45) is 5.14 Å². The number of benzene rings is 1. The maximum Gasteiger partial charge on any atom is 0.254 e. The molecule has 0 fully saturated rings. The van der Waals surface area contributed by atoms with Crippen LogP contribution in [-0.2, 0) is 14.8 Å². The Kier molecular flexibility index (Phi) is 5.54. The average Bonchev–Trinajstić information content (AvgIpc) is 2.36. The van der Waals surface area contributed by atoms with Gasteiger partial charge >= 0.3 is 0 Å². The fraction of sp³-hybridized carbons (Fsp3) is 0.364. The zero-order valence-electron chi connectivity index (χ0n) is 10.7. The molecule has 0 radical (unpaired) electrons. The van der Waals surface area contributed by atoms with Gasteiger partial charge < -0.3 is 10.1 Å². The summed E-state index contributed by atoms with van der Waals surface area (Å²) in [7, 11) is -4.24. The minimum atomic E-state index is -4.24. The summed E-state index contributed by atoms with van der Waals surface area (Å²) in [6, 6.07) is 1.10. The molecule has 1 rings (SSSR count). The summed E-state index contributed by atoms with van der Waals surface area (Å²) < 4.78 is 53.9. The predicted molar refractivity (Wildman–Crippen MR) is 66.6 cm³/mol. The highest BCUT2D eigenvalue weighted by atomic mass is 32.2. The number of ether oxygens (including phenoxy) is 1. The van der Waals surface area contributed by atoms with Gasteiger partial charge in [-0.2, -0.15) is 0 Å². The first-order chi connectivity index (χ1) is 9.27. The Balaban J connectivity index is 2.99. The minimum absolute atomic E-state index is 0.0767. The smallest absolute Gasteiger partial charge is 0.254 e. The van der Waals surface area contributed by atoms with Crippen LogP contribution in [0.3, 0.4) is 0 Å². The molecule has 0 saturated heterocycles. The van der Waals surface area contributed by atoms with Gasteiger partial charge in [-0.25, -0.2) is 22.3 Å². The highest BCUT2D eigenvalue weighted by molar-refractivity contribution is 7.89. The molecule has 0 bridgehead atoms. The molecule has 1 aromatic carbocycles. The number of halogens is 2. The molecule has 0 heterocycles. The molecule has 0 spiro atoms. The summed E-state index contributed by atoms with van der Waals surface area (Å²) in [5.41, 5.74) is -0.731. The standard InChI is InChI=1S/C11H14F2N2O4S/c1-2-19-4-3-15-11(16)8-5-7(20(14,17)18)6-9(12)10(8)13/h5-6H,2-4H2,1H3,(H,15,16)(H2,14,17,18). The number of nitrogens with one attached hydrogen (secondary N) is 1. The van der Waals surface area contributed by atoms with E-state index in [0.29, 0.717) is 18.7 Å². The number of nitrogens with two attached hydrogens (primary N) is 1. The monoisotopic (exact) mass is 308 g/mol. The van der Waals surface area contributed by atoms with Crippen LogP contribution < -0.4 is 10.5 Å². The van der Waals surface area contributed by atoms with E-state index in [2.05, 4.69) is 5.32 Å². The molecule has 0 atom stereocenters. The fourth-order valence-electron chi connectivity index (χ4n) is 1.37. The zero-order chi connectivity index (χ0) is 15.3.